The van der Waals surface area contributed by atoms with Gasteiger partial charge in [-0.3, -0.25) is 0 Å². The van der Waals surface area contributed by atoms with Crippen LogP contribution in [-0.4, -0.2) is 44.1 Å². The molecule has 2 heterocycles. The molecular weight excluding hydrogens is 485 g/mol. The second kappa shape index (κ2) is 9.01. The molecular formula is C27H29F3N4O3. The van der Waals surface area contributed by atoms with Gasteiger partial charge in [0, 0.05) is 30.3 Å². The Morgan fingerprint density at radius 3 is 2.49 bits per heavy atom. The summed E-state index contributed by atoms with van der Waals surface area (Å²) in [6.07, 6.45) is -0.958. The number of piperidine rings is 1. The number of imidazole rings is 1. The van der Waals surface area contributed by atoms with Gasteiger partial charge in [0.1, 0.15) is 18.4 Å². The Morgan fingerprint density at radius 1 is 1.16 bits per heavy atom. The molecule has 7 nitrogen and oxygen atoms in total. The second-order valence-electron chi connectivity index (χ2n) is 10.8. The molecule has 1 saturated heterocycles. The average Bonchev–Trinajstić information content (AvgIpc) is 3.23. The van der Waals surface area contributed by atoms with Crippen LogP contribution in [-0.2, 0) is 11.8 Å². The molecule has 1 aliphatic carbocycles. The van der Waals surface area contributed by atoms with Crippen molar-refractivity contribution in [2.45, 2.75) is 75.0 Å². The molecule has 3 atom stereocenters. The number of aromatic nitrogens is 2. The van der Waals surface area contributed by atoms with Gasteiger partial charge in [0.2, 0.25) is 0 Å². The first-order valence-electron chi connectivity index (χ1n) is 12.3. The number of fused-ring (bicyclic) bond motifs is 1. The number of hydrogen-bond acceptors (Lipinski definition) is 6. The van der Waals surface area contributed by atoms with E-state index >= 15 is 0 Å². The number of nitrogens with one attached hydrogen (secondary N) is 1. The topological polar surface area (TPSA) is 103 Å². The molecule has 2 aromatic carbocycles. The van der Waals surface area contributed by atoms with Gasteiger partial charge in [0.05, 0.1) is 39.7 Å². The maximum absolute atomic E-state index is 13.0. The first-order valence-corrected chi connectivity index (χ1v) is 12.3. The van der Waals surface area contributed by atoms with Crippen LogP contribution in [0.3, 0.4) is 0 Å². The van der Waals surface area contributed by atoms with Gasteiger partial charge in [-0.1, -0.05) is 12.1 Å². The zero-order valence-corrected chi connectivity index (χ0v) is 20.6. The van der Waals surface area contributed by atoms with Crippen molar-refractivity contribution < 1.29 is 28.1 Å². The highest BCUT2D eigenvalue weighted by Crippen LogP contribution is 2.43. The predicted molar refractivity (Wildman–Crippen MR) is 130 cm³/mol. The lowest BCUT2D eigenvalue weighted by Crippen LogP contribution is -2.53. The Balaban J connectivity index is 1.31. The molecule has 1 aromatic heterocycles. The molecule has 1 saturated carbocycles. The fourth-order valence-electron chi connectivity index (χ4n) is 5.77. The lowest BCUT2D eigenvalue weighted by Gasteiger charge is -2.41. The van der Waals surface area contributed by atoms with Crippen LogP contribution in [0.2, 0.25) is 0 Å². The summed E-state index contributed by atoms with van der Waals surface area (Å²) >= 11 is 0. The van der Waals surface area contributed by atoms with Gasteiger partial charge < -0.3 is 24.8 Å². The highest BCUT2D eigenvalue weighted by Gasteiger charge is 2.41. The van der Waals surface area contributed by atoms with E-state index in [2.05, 4.69) is 16.4 Å². The van der Waals surface area contributed by atoms with E-state index in [0.717, 1.165) is 12.1 Å². The lowest BCUT2D eigenvalue weighted by atomic mass is 9.77. The van der Waals surface area contributed by atoms with Crippen molar-refractivity contribution in [2.24, 2.45) is 0 Å². The highest BCUT2D eigenvalue weighted by molar-refractivity contribution is 5.83. The number of alkyl halides is 3. The number of aliphatic hydroxyl groups is 2. The van der Waals surface area contributed by atoms with Gasteiger partial charge in [0.25, 0.3) is 0 Å². The monoisotopic (exact) mass is 514 g/mol. The van der Waals surface area contributed by atoms with Crippen molar-refractivity contribution in [3.63, 3.8) is 0 Å². The molecule has 1 aliphatic heterocycles. The first-order chi connectivity index (χ1) is 17.4. The van der Waals surface area contributed by atoms with Crippen LogP contribution in [0.25, 0.3) is 11.0 Å². The third kappa shape index (κ3) is 5.04. The molecule has 0 bridgehead atoms. The van der Waals surface area contributed by atoms with Gasteiger partial charge in [-0.05, 0) is 57.2 Å². The Hall–Kier alpha value is -3.13. The van der Waals surface area contributed by atoms with Crippen LogP contribution in [0.5, 0.6) is 5.75 Å². The standard InChI is InChI=1S/C27H29F3N4O3/c1-16-9-26(36,18-3-5-19(6-4-18)27(28,29)30)10-20(33-16)14-37-22-7-17(13-31)24-23(8-22)32-15-34(24)21-11-25(2,35)12-21/h3-8,15-16,20-21,33,35-36H,9-12,14H2,1-2H3. The van der Waals surface area contributed by atoms with Crippen molar-refractivity contribution in [3.05, 3.63) is 59.4 Å². The quantitative estimate of drug-likeness (QED) is 0.466. The van der Waals surface area contributed by atoms with E-state index in [9.17, 15) is 28.6 Å². The van der Waals surface area contributed by atoms with E-state index in [1.807, 2.05) is 11.5 Å². The lowest BCUT2D eigenvalue weighted by molar-refractivity contribution is -0.137. The zero-order chi connectivity index (χ0) is 26.6. The summed E-state index contributed by atoms with van der Waals surface area (Å²) < 4.78 is 46.8. The summed E-state index contributed by atoms with van der Waals surface area (Å²) in [5, 5.41) is 34.6. The SMILES string of the molecule is CC1CC(O)(c2ccc(C(F)(F)F)cc2)CC(COc2cc(C#N)c3c(c2)ncn3C2CC(C)(O)C2)N1. The minimum absolute atomic E-state index is 0.0784. The second-order valence-corrected chi connectivity index (χ2v) is 10.8. The van der Waals surface area contributed by atoms with Crippen LogP contribution in [0.15, 0.2) is 42.7 Å². The van der Waals surface area contributed by atoms with E-state index in [0.29, 0.717) is 47.2 Å². The number of ether oxygens (including phenoxy) is 1. The molecule has 196 valence electrons. The van der Waals surface area contributed by atoms with Gasteiger partial charge in [-0.15, -0.1) is 0 Å². The van der Waals surface area contributed by atoms with Crippen LogP contribution < -0.4 is 10.1 Å². The van der Waals surface area contributed by atoms with Gasteiger partial charge in [-0.25, -0.2) is 4.98 Å². The third-order valence-electron chi connectivity index (χ3n) is 7.46. The number of nitriles is 1. The summed E-state index contributed by atoms with van der Waals surface area (Å²) in [5.41, 5.74) is -0.578. The number of hydrogen-bond donors (Lipinski definition) is 3. The summed E-state index contributed by atoms with van der Waals surface area (Å²) in [5.74, 6) is 0.466. The Morgan fingerprint density at radius 2 is 1.86 bits per heavy atom. The molecule has 10 heteroatoms. The zero-order valence-electron chi connectivity index (χ0n) is 20.6. The van der Waals surface area contributed by atoms with E-state index in [1.165, 1.54) is 12.1 Å². The van der Waals surface area contributed by atoms with E-state index in [1.54, 1.807) is 25.4 Å². The van der Waals surface area contributed by atoms with Gasteiger partial charge in [0.15, 0.2) is 0 Å². The fraction of sp³-hybridized carbons (Fsp3) is 0.481. The molecule has 2 aliphatic rings. The fourth-order valence-corrected chi connectivity index (χ4v) is 5.77. The Bertz CT molecular complexity index is 1340. The highest BCUT2D eigenvalue weighted by atomic mass is 19.4. The van der Waals surface area contributed by atoms with Crippen molar-refractivity contribution in [3.8, 4) is 11.8 Å². The molecule has 37 heavy (non-hydrogen) atoms. The minimum atomic E-state index is -4.44. The van der Waals surface area contributed by atoms with Crippen molar-refractivity contribution in [1.29, 1.82) is 5.26 Å². The molecule has 3 N–H and O–H groups in total. The van der Waals surface area contributed by atoms with E-state index in [4.69, 9.17) is 4.74 Å². The smallest absolute Gasteiger partial charge is 0.416 e. The normalized spacial score (nSPS) is 30.1. The van der Waals surface area contributed by atoms with Crippen LogP contribution in [0, 0.1) is 11.3 Å². The van der Waals surface area contributed by atoms with Gasteiger partial charge >= 0.3 is 6.18 Å². The predicted octanol–water partition coefficient (Wildman–Crippen LogP) is 4.42. The van der Waals surface area contributed by atoms with Crippen LogP contribution in [0.4, 0.5) is 13.2 Å². The third-order valence-corrected chi connectivity index (χ3v) is 7.46. The first kappa shape index (κ1) is 25.5. The van der Waals surface area contributed by atoms with Crippen molar-refractivity contribution in [2.75, 3.05) is 6.61 Å². The molecule has 0 spiro atoms. The minimum Gasteiger partial charge on any atom is -0.492 e. The van der Waals surface area contributed by atoms with Crippen molar-refractivity contribution in [1.82, 2.24) is 14.9 Å². The molecule has 2 fully saturated rings. The molecule has 5 rings (SSSR count). The van der Waals surface area contributed by atoms with Gasteiger partial charge in [-0.2, -0.15) is 18.4 Å². The maximum Gasteiger partial charge on any atom is 0.416 e. The summed E-state index contributed by atoms with van der Waals surface area (Å²) in [7, 11) is 0. The van der Waals surface area contributed by atoms with Crippen LogP contribution in [0.1, 0.15) is 62.3 Å². The number of nitrogens with zero attached hydrogens (tertiary/aromatic N) is 3. The number of benzene rings is 2. The average molecular weight is 515 g/mol. The Labute approximate surface area is 212 Å². The maximum atomic E-state index is 13.0. The molecule has 3 aromatic rings. The van der Waals surface area contributed by atoms with E-state index < -0.39 is 22.9 Å². The summed E-state index contributed by atoms with van der Waals surface area (Å²) in [6.45, 7) is 3.89. The molecule has 3 unspecified atom stereocenters. The number of rotatable bonds is 5. The van der Waals surface area contributed by atoms with Crippen molar-refractivity contribution >= 4 is 11.0 Å². The van der Waals surface area contributed by atoms with E-state index in [-0.39, 0.29) is 31.2 Å². The summed E-state index contributed by atoms with van der Waals surface area (Å²) in [4.78, 5) is 4.45. The Kier molecular flexibility index (Phi) is 6.21. The molecule has 0 radical (unpaired) electrons. The molecule has 0 amide bonds. The number of halogens is 3. The summed E-state index contributed by atoms with van der Waals surface area (Å²) in [6, 6.07) is 10.0. The largest absolute Gasteiger partial charge is 0.492 e. The van der Waals surface area contributed by atoms with Crippen LogP contribution >= 0.6 is 0 Å².